The Balaban J connectivity index is 2.33. The van der Waals surface area contributed by atoms with Crippen molar-refractivity contribution in [3.8, 4) is 0 Å². The van der Waals surface area contributed by atoms with Crippen molar-refractivity contribution in [3.05, 3.63) is 0 Å². The normalized spacial score (nSPS) is 34.0. The number of alkyl halides is 1. The van der Waals surface area contributed by atoms with Gasteiger partial charge in [-0.2, -0.15) is 0 Å². The van der Waals surface area contributed by atoms with Crippen LogP contribution >= 0.6 is 11.6 Å². The number of β-amino-alcohol motifs (C(OH)–C–C–N with tert-alkyl or cyclic N) is 1. The Morgan fingerprint density at radius 1 is 1.58 bits per heavy atom. The number of aliphatic hydroxyl groups excluding tert-OH is 1. The topological polar surface area (TPSA) is 23.5 Å². The Bertz CT molecular complexity index is 142. The summed E-state index contributed by atoms with van der Waals surface area (Å²) in [4.78, 5) is 2.32. The Hall–Kier alpha value is 0.210. The number of rotatable bonds is 3. The van der Waals surface area contributed by atoms with Gasteiger partial charge in [0, 0.05) is 18.5 Å². The van der Waals surface area contributed by atoms with Gasteiger partial charge in [0.25, 0.3) is 0 Å². The maximum atomic E-state index is 9.35. The first-order chi connectivity index (χ1) is 5.65. The highest BCUT2D eigenvalue weighted by atomic mass is 35.5. The molecule has 1 saturated heterocycles. The van der Waals surface area contributed by atoms with Crippen molar-refractivity contribution in [1.29, 1.82) is 0 Å². The smallest absolute Gasteiger partial charge is 0.0802 e. The molecule has 2 nitrogen and oxygen atoms in total. The number of hydrogen-bond acceptors (Lipinski definition) is 2. The summed E-state index contributed by atoms with van der Waals surface area (Å²) in [7, 11) is 0. The number of halogens is 1. The molecule has 0 aromatic rings. The zero-order valence-electron chi connectivity index (χ0n) is 7.83. The first-order valence-corrected chi connectivity index (χ1v) is 5.16. The van der Waals surface area contributed by atoms with Crippen molar-refractivity contribution in [2.24, 2.45) is 5.92 Å². The lowest BCUT2D eigenvalue weighted by atomic mass is 10.1. The van der Waals surface area contributed by atoms with E-state index in [-0.39, 0.29) is 6.10 Å². The van der Waals surface area contributed by atoms with Crippen LogP contribution in [0.3, 0.4) is 0 Å². The quantitative estimate of drug-likeness (QED) is 0.681. The van der Waals surface area contributed by atoms with Gasteiger partial charge in [-0.05, 0) is 25.8 Å². The standard InChI is InChI=1S/C9H18ClNO/c1-7-3-4-11(8(7)2)6-9(12)5-10/h7-9,12H,3-6H2,1-2H3. The third-order valence-electron chi connectivity index (χ3n) is 2.89. The minimum absolute atomic E-state index is 0.345. The van der Waals surface area contributed by atoms with Crippen LogP contribution in [0.15, 0.2) is 0 Å². The lowest BCUT2D eigenvalue weighted by molar-refractivity contribution is 0.121. The van der Waals surface area contributed by atoms with Crippen LogP contribution < -0.4 is 0 Å². The molecule has 0 bridgehead atoms. The third-order valence-corrected chi connectivity index (χ3v) is 3.25. The van der Waals surface area contributed by atoms with E-state index < -0.39 is 0 Å². The van der Waals surface area contributed by atoms with Crippen molar-refractivity contribution in [1.82, 2.24) is 4.90 Å². The SMILES string of the molecule is CC1CCN(CC(O)CCl)C1C. The first-order valence-electron chi connectivity index (χ1n) is 4.63. The van der Waals surface area contributed by atoms with Gasteiger partial charge in [-0.15, -0.1) is 11.6 Å². The summed E-state index contributed by atoms with van der Waals surface area (Å²) in [6.45, 7) is 6.32. The molecular weight excluding hydrogens is 174 g/mol. The third kappa shape index (κ3) is 2.35. The van der Waals surface area contributed by atoms with Gasteiger partial charge in [-0.3, -0.25) is 4.90 Å². The molecule has 0 aromatic heterocycles. The molecule has 72 valence electrons. The van der Waals surface area contributed by atoms with E-state index in [0.29, 0.717) is 11.9 Å². The van der Waals surface area contributed by atoms with Crippen LogP contribution in [0.4, 0.5) is 0 Å². The van der Waals surface area contributed by atoms with Gasteiger partial charge >= 0.3 is 0 Å². The second-order valence-corrected chi connectivity index (χ2v) is 4.12. The number of nitrogens with zero attached hydrogens (tertiary/aromatic N) is 1. The van der Waals surface area contributed by atoms with Gasteiger partial charge in [-0.25, -0.2) is 0 Å². The van der Waals surface area contributed by atoms with E-state index in [1.54, 1.807) is 0 Å². The highest BCUT2D eigenvalue weighted by Gasteiger charge is 2.27. The van der Waals surface area contributed by atoms with E-state index >= 15 is 0 Å². The second-order valence-electron chi connectivity index (χ2n) is 3.81. The summed E-state index contributed by atoms with van der Waals surface area (Å²) in [5.74, 6) is 1.10. The monoisotopic (exact) mass is 191 g/mol. The highest BCUT2D eigenvalue weighted by Crippen LogP contribution is 2.23. The van der Waals surface area contributed by atoms with Gasteiger partial charge in [0.05, 0.1) is 6.10 Å². The Morgan fingerprint density at radius 2 is 2.25 bits per heavy atom. The zero-order valence-corrected chi connectivity index (χ0v) is 8.59. The summed E-state index contributed by atoms with van der Waals surface area (Å²) < 4.78 is 0. The molecule has 0 radical (unpaired) electrons. The molecule has 0 aliphatic carbocycles. The van der Waals surface area contributed by atoms with Crippen LogP contribution in [0.2, 0.25) is 0 Å². The molecule has 1 rings (SSSR count). The largest absolute Gasteiger partial charge is 0.391 e. The van der Waals surface area contributed by atoms with Crippen LogP contribution in [0.1, 0.15) is 20.3 Å². The molecule has 0 amide bonds. The minimum atomic E-state index is -0.362. The minimum Gasteiger partial charge on any atom is -0.391 e. The fourth-order valence-electron chi connectivity index (χ4n) is 1.75. The average Bonchev–Trinajstić information content (AvgIpc) is 2.36. The van der Waals surface area contributed by atoms with Gasteiger partial charge in [0.1, 0.15) is 0 Å². The van der Waals surface area contributed by atoms with E-state index in [4.69, 9.17) is 11.6 Å². The van der Waals surface area contributed by atoms with Crippen LogP contribution in [0, 0.1) is 5.92 Å². The van der Waals surface area contributed by atoms with Crippen molar-refractivity contribution < 1.29 is 5.11 Å². The Morgan fingerprint density at radius 3 is 2.67 bits per heavy atom. The molecule has 1 fully saturated rings. The first kappa shape index (κ1) is 10.3. The van der Waals surface area contributed by atoms with Crippen LogP contribution in [0.5, 0.6) is 0 Å². The Kier molecular flexibility index (Phi) is 3.81. The van der Waals surface area contributed by atoms with Crippen LogP contribution in [0.25, 0.3) is 0 Å². The predicted octanol–water partition coefficient (Wildman–Crippen LogP) is 1.32. The molecule has 12 heavy (non-hydrogen) atoms. The van der Waals surface area contributed by atoms with E-state index in [2.05, 4.69) is 18.7 Å². The summed E-state index contributed by atoms with van der Waals surface area (Å²) in [5, 5.41) is 9.35. The van der Waals surface area contributed by atoms with E-state index in [9.17, 15) is 5.11 Å². The molecule has 1 N–H and O–H groups in total. The van der Waals surface area contributed by atoms with Crippen LogP contribution in [-0.4, -0.2) is 41.1 Å². The summed E-state index contributed by atoms with van der Waals surface area (Å²) in [6.07, 6.45) is 0.885. The molecule has 1 aliphatic rings. The van der Waals surface area contributed by atoms with Crippen molar-refractivity contribution in [2.75, 3.05) is 19.0 Å². The number of likely N-dealkylation sites (tertiary alicyclic amines) is 1. The summed E-state index contributed by atoms with van der Waals surface area (Å²) in [6, 6.07) is 0.600. The molecule has 3 unspecified atom stereocenters. The van der Waals surface area contributed by atoms with Gasteiger partial charge in [0.2, 0.25) is 0 Å². The maximum Gasteiger partial charge on any atom is 0.0802 e. The molecule has 0 saturated carbocycles. The summed E-state index contributed by atoms with van der Waals surface area (Å²) in [5.41, 5.74) is 0. The fourth-order valence-corrected chi connectivity index (χ4v) is 1.85. The van der Waals surface area contributed by atoms with Crippen LogP contribution in [-0.2, 0) is 0 Å². The summed E-state index contributed by atoms with van der Waals surface area (Å²) >= 11 is 5.54. The molecule has 1 heterocycles. The van der Waals surface area contributed by atoms with Gasteiger partial charge < -0.3 is 5.11 Å². The van der Waals surface area contributed by atoms with Crippen molar-refractivity contribution >= 4 is 11.6 Å². The predicted molar refractivity (Wildman–Crippen MR) is 51.5 cm³/mol. The molecular formula is C9H18ClNO. The van der Waals surface area contributed by atoms with Gasteiger partial charge in [-0.1, -0.05) is 6.92 Å². The molecule has 0 spiro atoms. The van der Waals surface area contributed by atoms with Crippen molar-refractivity contribution in [3.63, 3.8) is 0 Å². The zero-order chi connectivity index (χ0) is 9.14. The second kappa shape index (κ2) is 4.45. The highest BCUT2D eigenvalue weighted by molar-refractivity contribution is 6.18. The van der Waals surface area contributed by atoms with E-state index in [1.807, 2.05) is 0 Å². The molecule has 0 aromatic carbocycles. The van der Waals surface area contributed by atoms with Crippen molar-refractivity contribution in [2.45, 2.75) is 32.4 Å². The Labute approximate surface area is 79.5 Å². The maximum absolute atomic E-state index is 9.35. The molecule has 1 aliphatic heterocycles. The van der Waals surface area contributed by atoms with Gasteiger partial charge in [0.15, 0.2) is 0 Å². The van der Waals surface area contributed by atoms with E-state index in [0.717, 1.165) is 19.0 Å². The fraction of sp³-hybridized carbons (Fsp3) is 1.00. The average molecular weight is 192 g/mol. The number of aliphatic hydroxyl groups is 1. The molecule has 3 atom stereocenters. The lowest BCUT2D eigenvalue weighted by Crippen LogP contribution is -2.36. The number of hydrogen-bond donors (Lipinski definition) is 1. The van der Waals surface area contributed by atoms with E-state index in [1.165, 1.54) is 6.42 Å². The molecule has 3 heteroatoms. The lowest BCUT2D eigenvalue weighted by Gasteiger charge is -2.24.